The lowest BCUT2D eigenvalue weighted by atomic mass is 9.80. The van der Waals surface area contributed by atoms with Gasteiger partial charge in [0.1, 0.15) is 0 Å². The van der Waals surface area contributed by atoms with Crippen molar-refractivity contribution in [2.75, 3.05) is 32.8 Å². The molecule has 0 aromatic heterocycles. The number of hydrogen-bond donors (Lipinski definition) is 1. The molecule has 116 valence electrons. The van der Waals surface area contributed by atoms with Crippen LogP contribution in [0.15, 0.2) is 0 Å². The van der Waals surface area contributed by atoms with Crippen LogP contribution in [0.2, 0.25) is 0 Å². The first-order valence-electron chi connectivity index (χ1n) is 6.98. The number of ether oxygens (including phenoxy) is 1. The Morgan fingerprint density at radius 2 is 1.95 bits per heavy atom. The number of halogens is 3. The zero-order valence-electron chi connectivity index (χ0n) is 11.4. The van der Waals surface area contributed by atoms with Crippen LogP contribution >= 0.6 is 12.4 Å². The summed E-state index contributed by atoms with van der Waals surface area (Å²) >= 11 is 0. The highest BCUT2D eigenvalue weighted by molar-refractivity contribution is 5.85. The molecule has 3 aliphatic heterocycles. The Balaban J connectivity index is 0.00000147. The average Bonchev–Trinajstić information content (AvgIpc) is 2.94. The first-order valence-corrected chi connectivity index (χ1v) is 6.98. The highest BCUT2D eigenvalue weighted by Gasteiger charge is 2.47. The molecule has 4 nitrogen and oxygen atoms in total. The summed E-state index contributed by atoms with van der Waals surface area (Å²) < 4.78 is 31.6. The molecule has 3 saturated heterocycles. The van der Waals surface area contributed by atoms with Gasteiger partial charge in [-0.3, -0.25) is 10.1 Å². The molecular formula is C13H21ClF2N2O2. The highest BCUT2D eigenvalue weighted by atomic mass is 35.5. The second kappa shape index (κ2) is 5.73. The third-order valence-electron chi connectivity index (χ3n) is 4.71. The zero-order chi connectivity index (χ0) is 13.5. The fourth-order valence-corrected chi connectivity index (χ4v) is 3.45. The summed E-state index contributed by atoms with van der Waals surface area (Å²) in [5.41, 5.74) is 0.176. The number of carbonyl (C=O) groups is 1. The fraction of sp³-hybridized carbons (Fsp3) is 0.923. The number of hydrogen-bond acceptors (Lipinski definition) is 3. The molecule has 0 radical (unpaired) electrons. The van der Waals surface area contributed by atoms with Crippen LogP contribution in [-0.4, -0.2) is 55.6 Å². The molecule has 1 unspecified atom stereocenters. The number of likely N-dealkylation sites (tertiary alicyclic amines) is 1. The molecular weight excluding hydrogens is 290 g/mol. The number of rotatable bonds is 1. The Hall–Kier alpha value is -0.460. The second-order valence-electron chi connectivity index (χ2n) is 6.12. The van der Waals surface area contributed by atoms with Gasteiger partial charge in [-0.2, -0.15) is 0 Å². The Morgan fingerprint density at radius 1 is 1.25 bits per heavy atom. The van der Waals surface area contributed by atoms with Gasteiger partial charge in [-0.15, -0.1) is 12.4 Å². The summed E-state index contributed by atoms with van der Waals surface area (Å²) in [5.74, 6) is -2.89. The average molecular weight is 311 g/mol. The lowest BCUT2D eigenvalue weighted by molar-refractivity contribution is -0.133. The van der Waals surface area contributed by atoms with E-state index >= 15 is 0 Å². The van der Waals surface area contributed by atoms with Gasteiger partial charge in [0, 0.05) is 32.7 Å². The van der Waals surface area contributed by atoms with E-state index in [9.17, 15) is 13.6 Å². The van der Waals surface area contributed by atoms with Crippen molar-refractivity contribution >= 4 is 18.3 Å². The van der Waals surface area contributed by atoms with Crippen molar-refractivity contribution in [1.82, 2.24) is 10.2 Å². The molecule has 0 saturated carbocycles. The van der Waals surface area contributed by atoms with Crippen LogP contribution < -0.4 is 5.32 Å². The van der Waals surface area contributed by atoms with Gasteiger partial charge in [0.2, 0.25) is 5.91 Å². The van der Waals surface area contributed by atoms with Crippen LogP contribution in [0.4, 0.5) is 8.78 Å². The SMILES string of the molecule is Cl.O=C(C1CC(F)(F)CN1)N1CCC2(CCOCC2)C1. The summed E-state index contributed by atoms with van der Waals surface area (Å²) in [6, 6.07) is -0.704. The summed E-state index contributed by atoms with van der Waals surface area (Å²) in [6.07, 6.45) is 2.57. The van der Waals surface area contributed by atoms with Crippen LogP contribution in [0.25, 0.3) is 0 Å². The minimum atomic E-state index is -2.74. The molecule has 0 aromatic carbocycles. The van der Waals surface area contributed by atoms with Crippen molar-refractivity contribution in [2.45, 2.75) is 37.6 Å². The molecule has 3 aliphatic rings. The Kier molecular flexibility index (Phi) is 4.56. The largest absolute Gasteiger partial charge is 0.381 e. The van der Waals surface area contributed by atoms with Gasteiger partial charge in [-0.1, -0.05) is 0 Å². The third kappa shape index (κ3) is 3.07. The van der Waals surface area contributed by atoms with Crippen molar-refractivity contribution in [1.29, 1.82) is 0 Å². The molecule has 20 heavy (non-hydrogen) atoms. The maximum absolute atomic E-state index is 13.1. The van der Waals surface area contributed by atoms with Gasteiger partial charge in [-0.25, -0.2) is 8.78 Å². The monoisotopic (exact) mass is 310 g/mol. The quantitative estimate of drug-likeness (QED) is 0.797. The van der Waals surface area contributed by atoms with E-state index < -0.39 is 12.0 Å². The first-order chi connectivity index (χ1) is 9.00. The molecule has 3 rings (SSSR count). The van der Waals surface area contributed by atoms with Gasteiger partial charge in [-0.05, 0) is 24.7 Å². The number of nitrogens with zero attached hydrogens (tertiary/aromatic N) is 1. The van der Waals surface area contributed by atoms with Gasteiger partial charge < -0.3 is 9.64 Å². The van der Waals surface area contributed by atoms with Crippen molar-refractivity contribution in [2.24, 2.45) is 5.41 Å². The normalized spacial score (nSPS) is 31.3. The molecule has 1 amide bonds. The molecule has 7 heteroatoms. The van der Waals surface area contributed by atoms with Gasteiger partial charge in [0.05, 0.1) is 12.6 Å². The van der Waals surface area contributed by atoms with Crippen LogP contribution in [0.1, 0.15) is 25.7 Å². The molecule has 3 heterocycles. The standard InChI is InChI=1S/C13H20F2N2O2.ClH/c14-13(15)7-10(16-8-13)11(18)17-4-1-12(9-17)2-5-19-6-3-12;/h10,16H,1-9H2;1H. The number of alkyl halides is 2. The Labute approximate surface area is 123 Å². The molecule has 0 aliphatic carbocycles. The van der Waals surface area contributed by atoms with E-state index in [1.165, 1.54) is 0 Å². The predicted octanol–water partition coefficient (Wildman–Crippen LogP) is 1.43. The third-order valence-corrected chi connectivity index (χ3v) is 4.71. The smallest absolute Gasteiger partial charge is 0.262 e. The van der Waals surface area contributed by atoms with Gasteiger partial charge >= 0.3 is 0 Å². The second-order valence-corrected chi connectivity index (χ2v) is 6.12. The fourth-order valence-electron chi connectivity index (χ4n) is 3.45. The van der Waals surface area contributed by atoms with E-state index in [1.54, 1.807) is 4.90 Å². The summed E-state index contributed by atoms with van der Waals surface area (Å²) in [7, 11) is 0. The van der Waals surface area contributed by atoms with Gasteiger partial charge in [0.25, 0.3) is 5.92 Å². The van der Waals surface area contributed by atoms with Crippen molar-refractivity contribution in [3.63, 3.8) is 0 Å². The zero-order valence-corrected chi connectivity index (χ0v) is 12.2. The molecule has 1 atom stereocenters. The highest BCUT2D eigenvalue weighted by Crippen LogP contribution is 2.40. The molecule has 1 spiro atoms. The van der Waals surface area contributed by atoms with E-state index in [2.05, 4.69) is 5.32 Å². The topological polar surface area (TPSA) is 41.6 Å². The van der Waals surface area contributed by atoms with Crippen molar-refractivity contribution in [3.8, 4) is 0 Å². The minimum Gasteiger partial charge on any atom is -0.381 e. The Morgan fingerprint density at radius 3 is 2.55 bits per heavy atom. The van der Waals surface area contributed by atoms with E-state index in [-0.39, 0.29) is 36.7 Å². The number of amides is 1. The van der Waals surface area contributed by atoms with Crippen LogP contribution in [0.5, 0.6) is 0 Å². The lowest BCUT2D eigenvalue weighted by Crippen LogP contribution is -2.44. The summed E-state index contributed by atoms with van der Waals surface area (Å²) in [5, 5.41) is 2.65. The van der Waals surface area contributed by atoms with E-state index in [1.807, 2.05) is 0 Å². The molecule has 0 aromatic rings. The Bertz CT molecular complexity index is 375. The number of carbonyl (C=O) groups excluding carboxylic acids is 1. The molecule has 0 bridgehead atoms. The van der Waals surface area contributed by atoms with Crippen molar-refractivity contribution in [3.05, 3.63) is 0 Å². The summed E-state index contributed by atoms with van der Waals surface area (Å²) in [4.78, 5) is 14.0. The number of nitrogens with one attached hydrogen (secondary N) is 1. The first kappa shape index (κ1) is 15.9. The van der Waals surface area contributed by atoms with E-state index in [0.717, 1.165) is 32.5 Å². The minimum absolute atomic E-state index is 0. The maximum Gasteiger partial charge on any atom is 0.262 e. The van der Waals surface area contributed by atoms with E-state index in [0.29, 0.717) is 13.1 Å². The molecule has 1 N–H and O–H groups in total. The van der Waals surface area contributed by atoms with Crippen LogP contribution in [0, 0.1) is 5.41 Å². The predicted molar refractivity (Wildman–Crippen MR) is 72.3 cm³/mol. The maximum atomic E-state index is 13.1. The van der Waals surface area contributed by atoms with Crippen LogP contribution in [0.3, 0.4) is 0 Å². The summed E-state index contributed by atoms with van der Waals surface area (Å²) in [6.45, 7) is 2.53. The van der Waals surface area contributed by atoms with Gasteiger partial charge in [0.15, 0.2) is 0 Å². The molecule has 3 fully saturated rings. The lowest BCUT2D eigenvalue weighted by Gasteiger charge is -2.33. The van der Waals surface area contributed by atoms with Crippen LogP contribution in [-0.2, 0) is 9.53 Å². The van der Waals surface area contributed by atoms with E-state index in [4.69, 9.17) is 4.74 Å². The van der Waals surface area contributed by atoms with Crippen molar-refractivity contribution < 1.29 is 18.3 Å².